The lowest BCUT2D eigenvalue weighted by Gasteiger charge is -2.33. The Balaban J connectivity index is 1.30. The van der Waals surface area contributed by atoms with Crippen molar-refractivity contribution in [2.45, 2.75) is 19.4 Å². The second-order valence-electron chi connectivity index (χ2n) is 9.15. The van der Waals surface area contributed by atoms with Gasteiger partial charge in [0.1, 0.15) is 5.52 Å². The van der Waals surface area contributed by atoms with E-state index in [-0.39, 0.29) is 11.8 Å². The zero-order chi connectivity index (χ0) is 24.4. The first-order chi connectivity index (χ1) is 17.0. The smallest absolute Gasteiger partial charge is 0.225 e. The second-order valence-corrected chi connectivity index (χ2v) is 9.56. The Bertz CT molecular complexity index is 1330. The molecule has 1 amide bonds. The van der Waals surface area contributed by atoms with Crippen LogP contribution in [0.15, 0.2) is 67.0 Å². The molecule has 0 unspecified atom stereocenters. The molecule has 1 aliphatic heterocycles. The maximum Gasteiger partial charge on any atom is 0.225 e. The highest BCUT2D eigenvalue weighted by Crippen LogP contribution is 2.31. The first-order valence-corrected chi connectivity index (χ1v) is 12.3. The summed E-state index contributed by atoms with van der Waals surface area (Å²) in [5.74, 6) is 0.844. The number of hydrogen-bond acceptors (Lipinski definition) is 5. The van der Waals surface area contributed by atoms with E-state index in [1.807, 2.05) is 55.1 Å². The quantitative estimate of drug-likeness (QED) is 0.428. The number of fused-ring (bicyclic) bond motifs is 1. The molecule has 0 spiro atoms. The summed E-state index contributed by atoms with van der Waals surface area (Å²) in [6.07, 6.45) is 5.40. The largest absolute Gasteiger partial charge is 0.378 e. The Labute approximate surface area is 210 Å². The van der Waals surface area contributed by atoms with E-state index in [9.17, 15) is 4.79 Å². The van der Waals surface area contributed by atoms with Crippen LogP contribution in [0.5, 0.6) is 0 Å². The number of piperidine rings is 1. The second kappa shape index (κ2) is 9.96. The summed E-state index contributed by atoms with van der Waals surface area (Å²) < 4.78 is 1.84. The van der Waals surface area contributed by atoms with Crippen molar-refractivity contribution in [2.24, 2.45) is 5.92 Å². The van der Waals surface area contributed by atoms with E-state index in [4.69, 9.17) is 16.7 Å². The fourth-order valence-electron chi connectivity index (χ4n) is 4.58. The highest BCUT2D eigenvalue weighted by molar-refractivity contribution is 6.33. The molecule has 1 N–H and O–H groups in total. The van der Waals surface area contributed by atoms with Gasteiger partial charge in [-0.3, -0.25) is 4.79 Å². The van der Waals surface area contributed by atoms with Gasteiger partial charge in [0.15, 0.2) is 5.82 Å². The molecule has 5 rings (SSSR count). The summed E-state index contributed by atoms with van der Waals surface area (Å²) in [4.78, 5) is 21.9. The van der Waals surface area contributed by atoms with Crippen molar-refractivity contribution in [1.29, 1.82) is 0 Å². The van der Waals surface area contributed by atoms with Crippen molar-refractivity contribution in [2.75, 3.05) is 37.0 Å². The number of carbonyl (C=O) groups is 1. The minimum absolute atomic E-state index is 0.0854. The van der Waals surface area contributed by atoms with Crippen LogP contribution in [0, 0.1) is 5.92 Å². The maximum absolute atomic E-state index is 13.0. The van der Waals surface area contributed by atoms with Crippen molar-refractivity contribution < 1.29 is 4.79 Å². The molecule has 0 saturated carbocycles. The first-order valence-electron chi connectivity index (χ1n) is 11.9. The molecule has 1 saturated heterocycles. The van der Waals surface area contributed by atoms with Gasteiger partial charge in [0.2, 0.25) is 5.91 Å². The summed E-state index contributed by atoms with van der Waals surface area (Å²) in [5.41, 5.74) is 4.83. The van der Waals surface area contributed by atoms with Crippen molar-refractivity contribution >= 4 is 34.5 Å². The molecular formula is C27H29ClN6O. The van der Waals surface area contributed by atoms with Gasteiger partial charge in [-0.2, -0.15) is 5.10 Å². The van der Waals surface area contributed by atoms with Gasteiger partial charge in [0, 0.05) is 57.4 Å². The molecule has 0 bridgehead atoms. The van der Waals surface area contributed by atoms with Crippen LogP contribution in [0.4, 0.5) is 11.5 Å². The van der Waals surface area contributed by atoms with Gasteiger partial charge in [0.25, 0.3) is 0 Å². The highest BCUT2D eigenvalue weighted by Gasteiger charge is 2.28. The lowest BCUT2D eigenvalue weighted by atomic mass is 9.97. The van der Waals surface area contributed by atoms with Crippen LogP contribution in [0.1, 0.15) is 18.4 Å². The number of amides is 1. The predicted molar refractivity (Wildman–Crippen MR) is 141 cm³/mol. The third-order valence-electron chi connectivity index (χ3n) is 6.53. The van der Waals surface area contributed by atoms with Crippen molar-refractivity contribution in [3.63, 3.8) is 0 Å². The molecule has 3 heterocycles. The van der Waals surface area contributed by atoms with Gasteiger partial charge in [0.05, 0.1) is 16.6 Å². The summed E-state index contributed by atoms with van der Waals surface area (Å²) in [7, 11) is 4.03. The Kier molecular flexibility index (Phi) is 6.59. The standard InChI is InChI=1S/C27H29ClN6O/c1-32(2)21-11-9-19(10-12-21)17-30-27(35)20-6-5-14-33(18-20)26-25-16-24(31-34(25)15-13-29-26)22-7-3-4-8-23(22)28/h3-4,7-13,15-16,20H,5-6,14,17-18H2,1-2H3,(H,30,35)/t20-/m1/s1. The van der Waals surface area contributed by atoms with Crippen LogP contribution in [-0.4, -0.2) is 47.7 Å². The van der Waals surface area contributed by atoms with E-state index in [0.29, 0.717) is 18.1 Å². The van der Waals surface area contributed by atoms with Crippen LogP contribution in [0.3, 0.4) is 0 Å². The van der Waals surface area contributed by atoms with Crippen LogP contribution >= 0.6 is 11.6 Å². The van der Waals surface area contributed by atoms with E-state index in [1.165, 1.54) is 0 Å². The lowest BCUT2D eigenvalue weighted by Crippen LogP contribution is -2.43. The molecule has 2 aromatic heterocycles. The Morgan fingerprint density at radius 3 is 2.74 bits per heavy atom. The highest BCUT2D eigenvalue weighted by atomic mass is 35.5. The predicted octanol–water partition coefficient (Wildman–Crippen LogP) is 4.65. The lowest BCUT2D eigenvalue weighted by molar-refractivity contribution is -0.125. The minimum atomic E-state index is -0.0854. The fourth-order valence-corrected chi connectivity index (χ4v) is 4.81. The normalized spacial score (nSPS) is 15.9. The molecule has 35 heavy (non-hydrogen) atoms. The molecule has 1 atom stereocenters. The van der Waals surface area contributed by atoms with Crippen LogP contribution < -0.4 is 15.1 Å². The maximum atomic E-state index is 13.0. The van der Waals surface area contributed by atoms with E-state index in [0.717, 1.165) is 53.2 Å². The van der Waals surface area contributed by atoms with Gasteiger partial charge >= 0.3 is 0 Å². The summed E-state index contributed by atoms with van der Waals surface area (Å²) in [6.45, 7) is 2.01. The molecule has 1 aliphatic rings. The molecule has 1 fully saturated rings. The summed E-state index contributed by atoms with van der Waals surface area (Å²) in [5, 5.41) is 8.51. The SMILES string of the molecule is CN(C)c1ccc(CNC(=O)[C@@H]2CCCN(c3nccn4nc(-c5ccccc5Cl)cc34)C2)cc1. The van der Waals surface area contributed by atoms with Gasteiger partial charge in [-0.1, -0.05) is 41.9 Å². The first kappa shape index (κ1) is 23.2. The van der Waals surface area contributed by atoms with Crippen LogP contribution in [-0.2, 0) is 11.3 Å². The average Bonchev–Trinajstić information content (AvgIpc) is 3.32. The van der Waals surface area contributed by atoms with Crippen molar-refractivity contribution in [1.82, 2.24) is 19.9 Å². The number of nitrogens with one attached hydrogen (secondary N) is 1. The fraction of sp³-hybridized carbons (Fsp3) is 0.296. The number of halogens is 1. The minimum Gasteiger partial charge on any atom is -0.378 e. The molecule has 8 heteroatoms. The van der Waals surface area contributed by atoms with Gasteiger partial charge in [-0.05, 0) is 42.7 Å². The number of aromatic nitrogens is 3. The molecule has 180 valence electrons. The third kappa shape index (κ3) is 4.95. The van der Waals surface area contributed by atoms with Gasteiger partial charge in [-0.25, -0.2) is 9.50 Å². The average molecular weight is 489 g/mol. The Morgan fingerprint density at radius 2 is 1.97 bits per heavy atom. The number of rotatable bonds is 6. The van der Waals surface area contributed by atoms with Gasteiger partial charge < -0.3 is 15.1 Å². The number of nitrogens with zero attached hydrogens (tertiary/aromatic N) is 5. The molecule has 0 aliphatic carbocycles. The molecule has 0 radical (unpaired) electrons. The summed E-state index contributed by atoms with van der Waals surface area (Å²) >= 11 is 6.40. The summed E-state index contributed by atoms with van der Waals surface area (Å²) in [6, 6.07) is 18.0. The topological polar surface area (TPSA) is 65.8 Å². The van der Waals surface area contributed by atoms with Crippen LogP contribution in [0.2, 0.25) is 5.02 Å². The zero-order valence-electron chi connectivity index (χ0n) is 20.0. The van der Waals surface area contributed by atoms with Crippen molar-refractivity contribution in [3.8, 4) is 11.3 Å². The van der Waals surface area contributed by atoms with E-state index in [1.54, 1.807) is 6.20 Å². The van der Waals surface area contributed by atoms with Crippen LogP contribution in [0.25, 0.3) is 16.8 Å². The number of anilines is 2. The number of carbonyl (C=O) groups excluding carboxylic acids is 1. The third-order valence-corrected chi connectivity index (χ3v) is 6.86. The molecule has 4 aromatic rings. The molecule has 2 aromatic carbocycles. The van der Waals surface area contributed by atoms with Crippen molar-refractivity contribution in [3.05, 3.63) is 77.6 Å². The van der Waals surface area contributed by atoms with E-state index < -0.39 is 0 Å². The Morgan fingerprint density at radius 1 is 1.17 bits per heavy atom. The molecule has 7 nitrogen and oxygen atoms in total. The zero-order valence-corrected chi connectivity index (χ0v) is 20.7. The Hall–Kier alpha value is -3.58. The monoisotopic (exact) mass is 488 g/mol. The van der Waals surface area contributed by atoms with Gasteiger partial charge in [-0.15, -0.1) is 0 Å². The molecular weight excluding hydrogens is 460 g/mol. The number of benzene rings is 2. The van der Waals surface area contributed by atoms with E-state index >= 15 is 0 Å². The van der Waals surface area contributed by atoms with E-state index in [2.05, 4.69) is 44.4 Å². The number of hydrogen-bond donors (Lipinski definition) is 1.